The van der Waals surface area contributed by atoms with E-state index >= 15 is 0 Å². The lowest BCUT2D eigenvalue weighted by molar-refractivity contribution is -0.384. The predicted octanol–water partition coefficient (Wildman–Crippen LogP) is 3.76. The molecular formula is C22H18N4O5. The zero-order chi connectivity index (χ0) is 21.4. The van der Waals surface area contributed by atoms with Gasteiger partial charge in [0.25, 0.3) is 11.2 Å². The Balaban J connectivity index is 1.35. The summed E-state index contributed by atoms with van der Waals surface area (Å²) in [5.41, 5.74) is 1.66. The number of nitro benzene ring substituents is 1. The number of nitrogens with zero attached hydrogens (tertiary/aromatic N) is 3. The summed E-state index contributed by atoms with van der Waals surface area (Å²) >= 11 is 0. The second-order valence-electron chi connectivity index (χ2n) is 7.32. The average molecular weight is 418 g/mol. The highest BCUT2D eigenvalue weighted by atomic mass is 16.6. The number of hydrogen-bond acceptors (Lipinski definition) is 7. The molecular weight excluding hydrogens is 400 g/mol. The molecule has 31 heavy (non-hydrogen) atoms. The molecule has 0 unspecified atom stereocenters. The molecule has 1 N–H and O–H groups in total. The topological polar surface area (TPSA) is 118 Å². The molecule has 0 radical (unpaired) electrons. The van der Waals surface area contributed by atoms with Crippen molar-refractivity contribution in [3.05, 3.63) is 92.3 Å². The first kappa shape index (κ1) is 19.0. The molecule has 9 nitrogen and oxygen atoms in total. The van der Waals surface area contributed by atoms with Gasteiger partial charge in [0.15, 0.2) is 11.6 Å². The van der Waals surface area contributed by atoms with Gasteiger partial charge in [-0.2, -0.15) is 0 Å². The summed E-state index contributed by atoms with van der Waals surface area (Å²) in [6, 6.07) is 13.5. The summed E-state index contributed by atoms with van der Waals surface area (Å²) in [4.78, 5) is 32.9. The molecule has 1 aromatic carbocycles. The van der Waals surface area contributed by atoms with E-state index in [4.69, 9.17) is 8.83 Å². The summed E-state index contributed by atoms with van der Waals surface area (Å²) in [7, 11) is 0. The fourth-order valence-electron chi connectivity index (χ4n) is 3.82. The van der Waals surface area contributed by atoms with Crippen molar-refractivity contribution >= 4 is 5.69 Å². The summed E-state index contributed by atoms with van der Waals surface area (Å²) in [5.74, 6) is 2.08. The maximum absolute atomic E-state index is 12.6. The molecule has 0 bridgehead atoms. The van der Waals surface area contributed by atoms with Crippen molar-refractivity contribution in [2.24, 2.45) is 0 Å². The van der Waals surface area contributed by atoms with Gasteiger partial charge in [-0.05, 0) is 30.3 Å². The molecule has 156 valence electrons. The molecule has 0 fully saturated rings. The van der Waals surface area contributed by atoms with Gasteiger partial charge in [0.05, 0.1) is 34.6 Å². The Labute approximate surface area is 176 Å². The van der Waals surface area contributed by atoms with Gasteiger partial charge in [0.1, 0.15) is 11.5 Å². The van der Waals surface area contributed by atoms with Gasteiger partial charge in [-0.1, -0.05) is 12.1 Å². The van der Waals surface area contributed by atoms with Gasteiger partial charge >= 0.3 is 0 Å². The number of hydrogen-bond donors (Lipinski definition) is 1. The van der Waals surface area contributed by atoms with Crippen molar-refractivity contribution in [2.75, 3.05) is 6.54 Å². The van der Waals surface area contributed by atoms with Crippen molar-refractivity contribution in [1.82, 2.24) is 14.9 Å². The Kier molecular flexibility index (Phi) is 4.72. The Bertz CT molecular complexity index is 1310. The molecule has 0 aliphatic carbocycles. The van der Waals surface area contributed by atoms with Crippen LogP contribution in [0.5, 0.6) is 0 Å². The summed E-state index contributed by atoms with van der Waals surface area (Å²) in [6.07, 6.45) is 2.17. The molecule has 4 aromatic rings. The van der Waals surface area contributed by atoms with Crippen molar-refractivity contribution < 1.29 is 13.8 Å². The number of fused-ring (bicyclic) bond motifs is 1. The van der Waals surface area contributed by atoms with Crippen molar-refractivity contribution in [2.45, 2.75) is 19.5 Å². The number of furan rings is 2. The number of rotatable bonds is 5. The number of aromatic amines is 1. The second kappa shape index (κ2) is 7.69. The standard InChI is InChI=1S/C22H18N4O5/c27-22-16-13-25(10-9-17(16)23-21(24-22)20-6-3-11-30-20)12-14-7-8-19(31-14)15-4-1-2-5-18(15)26(28)29/h1-8,11H,9-10,12-13H2,(H,23,24,27). The Morgan fingerprint density at radius 1 is 1.13 bits per heavy atom. The minimum Gasteiger partial charge on any atom is -0.461 e. The lowest BCUT2D eigenvalue weighted by Gasteiger charge is -2.26. The van der Waals surface area contributed by atoms with Crippen LogP contribution in [0.15, 0.2) is 68.4 Å². The fourth-order valence-corrected chi connectivity index (χ4v) is 3.82. The van der Waals surface area contributed by atoms with Gasteiger partial charge in [0.2, 0.25) is 0 Å². The van der Waals surface area contributed by atoms with Crippen molar-refractivity contribution in [1.29, 1.82) is 0 Å². The zero-order valence-electron chi connectivity index (χ0n) is 16.4. The van der Waals surface area contributed by atoms with E-state index in [1.807, 2.05) is 6.07 Å². The van der Waals surface area contributed by atoms with Crippen LogP contribution in [-0.2, 0) is 19.5 Å². The summed E-state index contributed by atoms with van der Waals surface area (Å²) in [5, 5.41) is 11.3. The van der Waals surface area contributed by atoms with Gasteiger partial charge in [0, 0.05) is 25.6 Å². The number of benzene rings is 1. The molecule has 0 atom stereocenters. The lowest BCUT2D eigenvalue weighted by atomic mass is 10.1. The molecule has 3 aromatic heterocycles. The molecule has 5 rings (SSSR count). The first-order valence-corrected chi connectivity index (χ1v) is 9.79. The van der Waals surface area contributed by atoms with Crippen molar-refractivity contribution in [3.63, 3.8) is 0 Å². The van der Waals surface area contributed by atoms with E-state index in [1.165, 1.54) is 12.3 Å². The molecule has 0 spiro atoms. The van der Waals surface area contributed by atoms with Crippen LogP contribution in [0.25, 0.3) is 22.9 Å². The third kappa shape index (κ3) is 3.66. The van der Waals surface area contributed by atoms with Gasteiger partial charge in [-0.25, -0.2) is 4.98 Å². The molecule has 9 heteroatoms. The van der Waals surface area contributed by atoms with E-state index in [0.717, 1.165) is 5.69 Å². The largest absolute Gasteiger partial charge is 0.461 e. The smallest absolute Gasteiger partial charge is 0.280 e. The van der Waals surface area contributed by atoms with E-state index in [2.05, 4.69) is 14.9 Å². The summed E-state index contributed by atoms with van der Waals surface area (Å²) < 4.78 is 11.2. The van der Waals surface area contributed by atoms with Crippen LogP contribution in [0.2, 0.25) is 0 Å². The minimum atomic E-state index is -0.421. The monoisotopic (exact) mass is 418 g/mol. The van der Waals surface area contributed by atoms with E-state index in [0.29, 0.717) is 60.3 Å². The first-order valence-electron chi connectivity index (χ1n) is 9.79. The average Bonchev–Trinajstić information content (AvgIpc) is 3.46. The second-order valence-corrected chi connectivity index (χ2v) is 7.32. The SMILES string of the molecule is O=c1[nH]c(-c2ccco2)nc2c1CN(Cc1ccc(-c3ccccc3[N+](=O)[O-])o1)CC2. The molecule has 0 saturated heterocycles. The number of nitro groups is 1. The van der Waals surface area contributed by atoms with Gasteiger partial charge < -0.3 is 13.8 Å². The maximum Gasteiger partial charge on any atom is 0.280 e. The van der Waals surface area contributed by atoms with Gasteiger partial charge in [-0.3, -0.25) is 19.8 Å². The van der Waals surface area contributed by atoms with Crippen LogP contribution in [-0.4, -0.2) is 26.3 Å². The Morgan fingerprint density at radius 2 is 2.00 bits per heavy atom. The van der Waals surface area contributed by atoms with Gasteiger partial charge in [-0.15, -0.1) is 0 Å². The first-order chi connectivity index (χ1) is 15.1. The number of H-pyrrole nitrogens is 1. The van der Waals surface area contributed by atoms with E-state index in [-0.39, 0.29) is 11.2 Å². The zero-order valence-corrected chi connectivity index (χ0v) is 16.4. The Morgan fingerprint density at radius 3 is 2.81 bits per heavy atom. The van der Waals surface area contributed by atoms with Crippen molar-refractivity contribution in [3.8, 4) is 22.9 Å². The molecule has 1 aliphatic rings. The Hall–Kier alpha value is -3.98. The number of nitrogens with one attached hydrogen (secondary N) is 1. The number of aromatic nitrogens is 2. The lowest BCUT2D eigenvalue weighted by Crippen LogP contribution is -2.35. The van der Waals surface area contributed by atoms with E-state index in [1.54, 1.807) is 36.4 Å². The normalized spacial score (nSPS) is 13.8. The third-order valence-electron chi connectivity index (χ3n) is 5.31. The quantitative estimate of drug-likeness (QED) is 0.387. The maximum atomic E-state index is 12.6. The third-order valence-corrected chi connectivity index (χ3v) is 5.31. The number of para-hydroxylation sites is 1. The predicted molar refractivity (Wildman–Crippen MR) is 111 cm³/mol. The van der Waals surface area contributed by atoms with E-state index < -0.39 is 4.92 Å². The van der Waals surface area contributed by atoms with Crippen LogP contribution in [0.1, 0.15) is 17.0 Å². The summed E-state index contributed by atoms with van der Waals surface area (Å²) in [6.45, 7) is 1.64. The fraction of sp³-hybridized carbons (Fsp3) is 0.182. The molecule has 0 saturated carbocycles. The van der Waals surface area contributed by atoms with Crippen LogP contribution in [0.3, 0.4) is 0 Å². The van der Waals surface area contributed by atoms with Crippen LogP contribution in [0, 0.1) is 10.1 Å². The van der Waals surface area contributed by atoms with E-state index in [9.17, 15) is 14.9 Å². The highest BCUT2D eigenvalue weighted by Crippen LogP contribution is 2.31. The molecule has 1 aliphatic heterocycles. The van der Waals surface area contributed by atoms with Crippen LogP contribution < -0.4 is 5.56 Å². The van der Waals surface area contributed by atoms with Crippen LogP contribution >= 0.6 is 0 Å². The highest BCUT2D eigenvalue weighted by Gasteiger charge is 2.23. The molecule has 0 amide bonds. The van der Waals surface area contributed by atoms with Crippen LogP contribution in [0.4, 0.5) is 5.69 Å². The minimum absolute atomic E-state index is 0.000249. The highest BCUT2D eigenvalue weighted by molar-refractivity contribution is 5.69. The molecule has 4 heterocycles.